The summed E-state index contributed by atoms with van der Waals surface area (Å²) in [6, 6.07) is 8.24. The highest BCUT2D eigenvalue weighted by Gasteiger charge is 2.08. The summed E-state index contributed by atoms with van der Waals surface area (Å²) in [6.45, 7) is 2.98. The van der Waals surface area contributed by atoms with Gasteiger partial charge in [0.1, 0.15) is 0 Å². The molecule has 16 heavy (non-hydrogen) atoms. The lowest BCUT2D eigenvalue weighted by Crippen LogP contribution is -2.06. The predicted octanol–water partition coefficient (Wildman–Crippen LogP) is 4.10. The highest BCUT2D eigenvalue weighted by molar-refractivity contribution is 7.13. The van der Waals surface area contributed by atoms with E-state index in [2.05, 4.69) is 29.8 Å². The van der Waals surface area contributed by atoms with E-state index in [0.29, 0.717) is 0 Å². The highest BCUT2D eigenvalue weighted by atomic mass is 35.5. The number of halogens is 1. The Labute approximate surface area is 105 Å². The first kappa shape index (κ1) is 11.6. The first-order valence-electron chi connectivity index (χ1n) is 5.20. The van der Waals surface area contributed by atoms with Crippen molar-refractivity contribution in [1.82, 2.24) is 5.32 Å². The topological polar surface area (TPSA) is 12.0 Å². The molecule has 0 bridgehead atoms. The van der Waals surface area contributed by atoms with E-state index in [4.69, 9.17) is 11.6 Å². The van der Waals surface area contributed by atoms with Crippen LogP contribution in [0.2, 0.25) is 5.02 Å². The van der Waals surface area contributed by atoms with Crippen LogP contribution in [0.5, 0.6) is 0 Å². The average Bonchev–Trinajstić information content (AvgIpc) is 2.65. The Balaban J connectivity index is 2.51. The van der Waals surface area contributed by atoms with Gasteiger partial charge >= 0.3 is 0 Å². The van der Waals surface area contributed by atoms with E-state index in [-0.39, 0.29) is 0 Å². The van der Waals surface area contributed by atoms with E-state index in [9.17, 15) is 0 Å². The van der Waals surface area contributed by atoms with Crippen molar-refractivity contribution in [2.24, 2.45) is 0 Å². The molecule has 1 aromatic carbocycles. The molecule has 1 heterocycles. The van der Waals surface area contributed by atoms with Crippen LogP contribution in [0.25, 0.3) is 10.4 Å². The van der Waals surface area contributed by atoms with Crippen LogP contribution in [-0.2, 0) is 6.54 Å². The van der Waals surface area contributed by atoms with Gasteiger partial charge in [0, 0.05) is 16.4 Å². The minimum Gasteiger partial charge on any atom is -0.316 e. The lowest BCUT2D eigenvalue weighted by Gasteiger charge is -2.09. The Morgan fingerprint density at radius 2 is 2.12 bits per heavy atom. The predicted molar refractivity (Wildman–Crippen MR) is 72.3 cm³/mol. The Hall–Kier alpha value is -0.830. The van der Waals surface area contributed by atoms with E-state index >= 15 is 0 Å². The summed E-state index contributed by atoms with van der Waals surface area (Å²) >= 11 is 7.81. The van der Waals surface area contributed by atoms with Crippen molar-refractivity contribution in [3.8, 4) is 10.4 Å². The Morgan fingerprint density at radius 3 is 2.75 bits per heavy atom. The summed E-state index contributed by atoms with van der Waals surface area (Å²) < 4.78 is 0. The third kappa shape index (κ3) is 2.29. The van der Waals surface area contributed by atoms with E-state index in [1.807, 2.05) is 19.2 Å². The zero-order valence-electron chi connectivity index (χ0n) is 9.38. The molecule has 0 saturated carbocycles. The standard InChI is InChI=1S/C13H14ClNS/c1-9-5-6-16-13(9)12-4-3-11(14)7-10(12)8-15-2/h3-7,15H,8H2,1-2H3. The summed E-state index contributed by atoms with van der Waals surface area (Å²) in [5, 5.41) is 6.10. The second kappa shape index (κ2) is 5.00. The van der Waals surface area contributed by atoms with Crippen molar-refractivity contribution in [3.05, 3.63) is 45.8 Å². The fourth-order valence-electron chi connectivity index (χ4n) is 1.77. The Bertz CT molecular complexity index is 490. The Kier molecular flexibility index (Phi) is 3.64. The second-order valence-electron chi connectivity index (χ2n) is 3.76. The molecule has 84 valence electrons. The third-order valence-electron chi connectivity index (χ3n) is 2.54. The van der Waals surface area contributed by atoms with Crippen molar-refractivity contribution in [2.75, 3.05) is 7.05 Å². The number of hydrogen-bond acceptors (Lipinski definition) is 2. The number of hydrogen-bond donors (Lipinski definition) is 1. The zero-order valence-corrected chi connectivity index (χ0v) is 11.0. The van der Waals surface area contributed by atoms with E-state index in [1.165, 1.54) is 21.6 Å². The SMILES string of the molecule is CNCc1cc(Cl)ccc1-c1sccc1C. The molecule has 1 N–H and O–H groups in total. The molecule has 0 spiro atoms. The molecule has 0 unspecified atom stereocenters. The summed E-state index contributed by atoms with van der Waals surface area (Å²) in [5.74, 6) is 0. The lowest BCUT2D eigenvalue weighted by molar-refractivity contribution is 0.819. The van der Waals surface area contributed by atoms with Gasteiger partial charge in [0.05, 0.1) is 0 Å². The van der Waals surface area contributed by atoms with Gasteiger partial charge in [-0.25, -0.2) is 0 Å². The first-order valence-corrected chi connectivity index (χ1v) is 6.45. The fourth-order valence-corrected chi connectivity index (χ4v) is 2.95. The number of rotatable bonds is 3. The largest absolute Gasteiger partial charge is 0.316 e. The van der Waals surface area contributed by atoms with Gasteiger partial charge in [-0.05, 0) is 54.2 Å². The van der Waals surface area contributed by atoms with Crippen molar-refractivity contribution < 1.29 is 0 Å². The molecule has 2 rings (SSSR count). The van der Waals surface area contributed by atoms with Gasteiger partial charge in [-0.3, -0.25) is 0 Å². The molecule has 0 aliphatic carbocycles. The van der Waals surface area contributed by atoms with E-state index in [1.54, 1.807) is 11.3 Å². The molecule has 0 aliphatic heterocycles. The molecule has 0 aliphatic rings. The number of nitrogens with one attached hydrogen (secondary N) is 1. The first-order chi connectivity index (χ1) is 7.72. The molecule has 2 aromatic rings. The number of aryl methyl sites for hydroxylation is 1. The van der Waals surface area contributed by atoms with Crippen molar-refractivity contribution in [3.63, 3.8) is 0 Å². The minimum absolute atomic E-state index is 0.795. The zero-order chi connectivity index (χ0) is 11.5. The molecule has 1 nitrogen and oxygen atoms in total. The number of thiophene rings is 1. The molecular weight excluding hydrogens is 238 g/mol. The molecule has 1 aromatic heterocycles. The third-order valence-corrected chi connectivity index (χ3v) is 3.83. The normalized spacial score (nSPS) is 10.7. The quantitative estimate of drug-likeness (QED) is 0.866. The molecule has 0 radical (unpaired) electrons. The van der Waals surface area contributed by atoms with Gasteiger partial charge in [0.15, 0.2) is 0 Å². The second-order valence-corrected chi connectivity index (χ2v) is 5.12. The highest BCUT2D eigenvalue weighted by Crippen LogP contribution is 2.33. The van der Waals surface area contributed by atoms with Crippen LogP contribution in [0.3, 0.4) is 0 Å². The lowest BCUT2D eigenvalue weighted by atomic mass is 10.0. The van der Waals surface area contributed by atoms with Crippen LogP contribution >= 0.6 is 22.9 Å². The molecular formula is C13H14ClNS. The summed E-state index contributed by atoms with van der Waals surface area (Å²) in [4.78, 5) is 1.34. The molecule has 0 fully saturated rings. The van der Waals surface area contributed by atoms with Crippen LogP contribution in [-0.4, -0.2) is 7.05 Å². The van der Waals surface area contributed by atoms with E-state index < -0.39 is 0 Å². The van der Waals surface area contributed by atoms with Gasteiger partial charge in [0.25, 0.3) is 0 Å². The average molecular weight is 252 g/mol. The molecule has 0 atom stereocenters. The maximum Gasteiger partial charge on any atom is 0.0409 e. The number of benzene rings is 1. The smallest absolute Gasteiger partial charge is 0.0409 e. The van der Waals surface area contributed by atoms with Crippen LogP contribution in [0.1, 0.15) is 11.1 Å². The monoisotopic (exact) mass is 251 g/mol. The van der Waals surface area contributed by atoms with Crippen LogP contribution < -0.4 is 5.32 Å². The van der Waals surface area contributed by atoms with Crippen LogP contribution in [0.4, 0.5) is 0 Å². The Morgan fingerprint density at radius 1 is 1.31 bits per heavy atom. The molecule has 0 saturated heterocycles. The van der Waals surface area contributed by atoms with Gasteiger partial charge in [-0.15, -0.1) is 11.3 Å². The van der Waals surface area contributed by atoms with Crippen LogP contribution in [0, 0.1) is 6.92 Å². The van der Waals surface area contributed by atoms with E-state index in [0.717, 1.165) is 11.6 Å². The maximum atomic E-state index is 6.03. The summed E-state index contributed by atoms with van der Waals surface area (Å²) in [7, 11) is 1.95. The summed E-state index contributed by atoms with van der Waals surface area (Å²) in [6.07, 6.45) is 0. The van der Waals surface area contributed by atoms with Gasteiger partial charge < -0.3 is 5.32 Å². The van der Waals surface area contributed by atoms with Crippen molar-refractivity contribution in [2.45, 2.75) is 13.5 Å². The maximum absolute atomic E-state index is 6.03. The molecule has 0 amide bonds. The molecule has 3 heteroatoms. The summed E-state index contributed by atoms with van der Waals surface area (Å²) in [5.41, 5.74) is 3.86. The fraction of sp³-hybridized carbons (Fsp3) is 0.231. The van der Waals surface area contributed by atoms with Gasteiger partial charge in [0.2, 0.25) is 0 Å². The van der Waals surface area contributed by atoms with Gasteiger partial charge in [-0.1, -0.05) is 17.7 Å². The van der Waals surface area contributed by atoms with Crippen molar-refractivity contribution in [1.29, 1.82) is 0 Å². The van der Waals surface area contributed by atoms with Gasteiger partial charge in [-0.2, -0.15) is 0 Å². The minimum atomic E-state index is 0.795. The van der Waals surface area contributed by atoms with Crippen molar-refractivity contribution >= 4 is 22.9 Å². The van der Waals surface area contributed by atoms with Crippen LogP contribution in [0.15, 0.2) is 29.6 Å².